The van der Waals surface area contributed by atoms with Crippen molar-refractivity contribution < 1.29 is 16.8 Å². The van der Waals surface area contributed by atoms with Crippen LogP contribution < -0.4 is 33.5 Å². The van der Waals surface area contributed by atoms with Gasteiger partial charge in [0.25, 0.3) is 11.1 Å². The third kappa shape index (κ3) is 13.1. The Balaban J connectivity index is 0.000000207. The van der Waals surface area contributed by atoms with Crippen LogP contribution in [-0.4, -0.2) is 95.3 Å². The van der Waals surface area contributed by atoms with Crippen molar-refractivity contribution in [2.45, 2.75) is 128 Å². The molecule has 4 aliphatic rings. The minimum Gasteiger partial charge on any atom is -0.369 e. The lowest BCUT2D eigenvalue weighted by Gasteiger charge is -2.31. The van der Waals surface area contributed by atoms with Crippen molar-refractivity contribution in [3.05, 3.63) is 59.0 Å². The Morgan fingerprint density at radius 1 is 0.655 bits per heavy atom. The highest BCUT2D eigenvalue weighted by atomic mass is 35.5. The minimum atomic E-state index is -3.23. The first kappa shape index (κ1) is 44.9. The maximum absolute atomic E-state index is 12.6. The van der Waals surface area contributed by atoms with E-state index >= 15 is 0 Å². The average Bonchev–Trinajstić information content (AvgIpc) is 3.12. The summed E-state index contributed by atoms with van der Waals surface area (Å²) >= 11 is 5.59. The molecule has 5 N–H and O–H groups in total. The number of aromatic amines is 2. The van der Waals surface area contributed by atoms with E-state index in [1.165, 1.54) is 89.7 Å². The standard InChI is InChI=1S/C18H30N4O4S.C10H14ClN3O4S.C8H17N/c1-13(14-6-4-3-5-7-14)19-16-12-17(23)22(18(24)20-16)15-8-10-21(11-9-15)27(2,25)26;1-19(17,18)13-4-2-7(3-5-13)14-9(15)6-8(11)12-10(14)16;1-7(9)8-5-3-2-4-6-8/h12-15,19H,3-11H2,1-2H3,(H,20,24);6-7H,2-5H2,1H3,(H,12,16);7-8H,2-6,9H2,1H3/t13-;;7-/m0.0/s1. The Labute approximate surface area is 329 Å². The molecule has 2 aliphatic carbocycles. The Morgan fingerprint density at radius 2 is 1.05 bits per heavy atom. The average molecular weight is 834 g/mol. The number of hydrogen-bond donors (Lipinski definition) is 4. The zero-order chi connectivity index (χ0) is 40.5. The molecule has 312 valence electrons. The lowest BCUT2D eigenvalue weighted by molar-refractivity contribution is 0.266. The van der Waals surface area contributed by atoms with Crippen LogP contribution in [0.2, 0.25) is 5.15 Å². The summed E-state index contributed by atoms with van der Waals surface area (Å²) in [6.45, 7) is 5.49. The molecule has 2 aromatic heterocycles. The highest BCUT2D eigenvalue weighted by molar-refractivity contribution is 7.88. The first-order valence-corrected chi connectivity index (χ1v) is 23.7. The molecule has 0 amide bonds. The molecule has 4 fully saturated rings. The molecular weight excluding hydrogens is 772 g/mol. The Bertz CT molecular complexity index is 1940. The second-order valence-corrected chi connectivity index (χ2v) is 20.1. The van der Waals surface area contributed by atoms with Crippen LogP contribution in [0, 0.1) is 11.8 Å². The van der Waals surface area contributed by atoms with Crippen molar-refractivity contribution in [1.29, 1.82) is 0 Å². The van der Waals surface area contributed by atoms with Crippen LogP contribution in [0.4, 0.5) is 5.82 Å². The summed E-state index contributed by atoms with van der Waals surface area (Å²) in [6, 6.07) is 2.66. The van der Waals surface area contributed by atoms with E-state index in [9.17, 15) is 36.0 Å². The normalized spacial score (nSPS) is 21.4. The van der Waals surface area contributed by atoms with Gasteiger partial charge in [0.1, 0.15) is 11.0 Å². The van der Waals surface area contributed by atoms with Gasteiger partial charge in [-0.2, -0.15) is 0 Å². The van der Waals surface area contributed by atoms with Gasteiger partial charge < -0.3 is 11.1 Å². The van der Waals surface area contributed by atoms with Crippen LogP contribution in [0.5, 0.6) is 0 Å². The van der Waals surface area contributed by atoms with Gasteiger partial charge in [-0.1, -0.05) is 50.1 Å². The largest absolute Gasteiger partial charge is 0.369 e. The summed E-state index contributed by atoms with van der Waals surface area (Å²) in [7, 11) is -6.45. The molecule has 2 aliphatic heterocycles. The lowest BCUT2D eigenvalue weighted by Crippen LogP contribution is -2.45. The topological polar surface area (TPSA) is 223 Å². The third-order valence-electron chi connectivity index (χ3n) is 11.5. The zero-order valence-corrected chi connectivity index (χ0v) is 35.1. The van der Waals surface area contributed by atoms with Crippen LogP contribution in [0.25, 0.3) is 0 Å². The number of piperidine rings is 2. The molecule has 0 bridgehead atoms. The molecule has 2 atom stereocenters. The number of halogens is 1. The van der Waals surface area contributed by atoms with E-state index in [0.29, 0.717) is 69.6 Å². The summed E-state index contributed by atoms with van der Waals surface area (Å²) < 4.78 is 51.1. The van der Waals surface area contributed by atoms with Crippen molar-refractivity contribution in [3.63, 3.8) is 0 Å². The van der Waals surface area contributed by atoms with Crippen molar-refractivity contribution in [2.24, 2.45) is 17.6 Å². The summed E-state index contributed by atoms with van der Waals surface area (Å²) in [5, 5.41) is 3.29. The van der Waals surface area contributed by atoms with Crippen LogP contribution in [0.1, 0.15) is 116 Å². The van der Waals surface area contributed by atoms with Gasteiger partial charge in [-0.25, -0.2) is 35.0 Å². The van der Waals surface area contributed by atoms with Gasteiger partial charge in [-0.3, -0.25) is 28.7 Å². The predicted molar refractivity (Wildman–Crippen MR) is 217 cm³/mol. The van der Waals surface area contributed by atoms with Gasteiger partial charge in [0.15, 0.2) is 0 Å². The Hall–Kier alpha value is -2.77. The van der Waals surface area contributed by atoms with Crippen LogP contribution >= 0.6 is 11.6 Å². The molecule has 6 rings (SSSR count). The fraction of sp³-hybridized carbons (Fsp3) is 0.778. The first-order valence-electron chi connectivity index (χ1n) is 19.6. The number of rotatable bonds is 8. The maximum atomic E-state index is 12.6. The smallest absolute Gasteiger partial charge is 0.330 e. The van der Waals surface area contributed by atoms with Crippen molar-refractivity contribution >= 4 is 37.5 Å². The van der Waals surface area contributed by atoms with Crippen LogP contribution in [-0.2, 0) is 20.0 Å². The first-order chi connectivity index (χ1) is 25.8. The SMILES string of the molecule is CS(=O)(=O)N1CCC(n2c(=O)cc(Cl)[nH]c2=O)CC1.C[C@H](N)C1CCCCC1.C[C@H](Nc1cc(=O)n(C2CCN(S(C)(=O)=O)CC2)c(=O)[nH]1)C1CCCCC1. The fourth-order valence-corrected chi connectivity index (χ4v) is 10.2. The lowest BCUT2D eigenvalue weighted by atomic mass is 9.84. The van der Waals surface area contributed by atoms with Crippen molar-refractivity contribution in [3.8, 4) is 0 Å². The second kappa shape index (κ2) is 20.1. The van der Waals surface area contributed by atoms with Gasteiger partial charge in [0, 0.05) is 62.5 Å². The summed E-state index contributed by atoms with van der Waals surface area (Å²) in [6.07, 6.45) is 17.2. The van der Waals surface area contributed by atoms with Gasteiger partial charge in [-0.15, -0.1) is 0 Å². The minimum absolute atomic E-state index is 0.000165. The van der Waals surface area contributed by atoms with Gasteiger partial charge >= 0.3 is 11.4 Å². The van der Waals surface area contributed by atoms with E-state index in [-0.39, 0.29) is 28.8 Å². The second-order valence-electron chi connectivity index (χ2n) is 15.7. The summed E-state index contributed by atoms with van der Waals surface area (Å²) in [4.78, 5) is 53.7. The molecule has 4 heterocycles. The zero-order valence-electron chi connectivity index (χ0n) is 32.7. The maximum Gasteiger partial charge on any atom is 0.330 e. The Kier molecular flexibility index (Phi) is 16.4. The van der Waals surface area contributed by atoms with E-state index in [2.05, 4.69) is 29.1 Å². The molecule has 0 unspecified atom stereocenters. The van der Waals surface area contributed by atoms with E-state index in [0.717, 1.165) is 22.8 Å². The van der Waals surface area contributed by atoms with Gasteiger partial charge in [0.05, 0.1) is 12.5 Å². The number of aromatic nitrogens is 4. The molecule has 55 heavy (non-hydrogen) atoms. The third-order valence-corrected chi connectivity index (χ3v) is 14.4. The molecule has 0 spiro atoms. The predicted octanol–water partition coefficient (Wildman–Crippen LogP) is 3.21. The van der Waals surface area contributed by atoms with Crippen molar-refractivity contribution in [1.82, 2.24) is 27.7 Å². The van der Waals surface area contributed by atoms with E-state index < -0.39 is 37.0 Å². The molecule has 2 aromatic rings. The number of nitrogens with two attached hydrogens (primary N) is 1. The Morgan fingerprint density at radius 3 is 1.42 bits per heavy atom. The number of sulfonamides is 2. The number of nitrogens with zero attached hydrogens (tertiary/aromatic N) is 4. The number of H-pyrrole nitrogens is 2. The van der Waals surface area contributed by atoms with Gasteiger partial charge in [0.2, 0.25) is 20.0 Å². The molecular formula is C36H61ClN8O8S2. The molecule has 16 nitrogen and oxygen atoms in total. The molecule has 19 heteroatoms. The summed E-state index contributed by atoms with van der Waals surface area (Å²) in [5.41, 5.74) is 3.97. The molecule has 2 saturated heterocycles. The van der Waals surface area contributed by atoms with E-state index in [1.807, 2.05) is 0 Å². The van der Waals surface area contributed by atoms with Crippen LogP contribution in [0.15, 0.2) is 31.3 Å². The monoisotopic (exact) mass is 832 g/mol. The number of hydrogen-bond acceptors (Lipinski definition) is 10. The summed E-state index contributed by atoms with van der Waals surface area (Å²) in [5.74, 6) is 1.86. The quantitative estimate of drug-likeness (QED) is 0.285. The highest BCUT2D eigenvalue weighted by Gasteiger charge is 2.29. The van der Waals surface area contributed by atoms with Crippen molar-refractivity contribution in [2.75, 3.05) is 44.0 Å². The van der Waals surface area contributed by atoms with E-state index in [4.69, 9.17) is 17.3 Å². The fourth-order valence-electron chi connectivity index (χ4n) is 8.27. The highest BCUT2D eigenvalue weighted by Crippen LogP contribution is 2.28. The molecule has 0 aromatic carbocycles. The molecule has 2 saturated carbocycles. The van der Waals surface area contributed by atoms with Gasteiger partial charge in [-0.05, 0) is 77.0 Å². The molecule has 0 radical (unpaired) electrons. The van der Waals surface area contributed by atoms with Crippen LogP contribution in [0.3, 0.4) is 0 Å². The number of nitrogens with one attached hydrogen (secondary N) is 3. The number of anilines is 1. The van der Waals surface area contributed by atoms with E-state index in [1.54, 1.807) is 0 Å².